The number of amides is 1. The van der Waals surface area contributed by atoms with E-state index in [1.54, 1.807) is 4.90 Å². The molecule has 0 saturated carbocycles. The Morgan fingerprint density at radius 3 is 2.68 bits per heavy atom. The van der Waals surface area contributed by atoms with Crippen LogP contribution >= 0.6 is 0 Å². The van der Waals surface area contributed by atoms with Gasteiger partial charge in [0, 0.05) is 6.54 Å². The van der Waals surface area contributed by atoms with Crippen molar-refractivity contribution in [1.82, 2.24) is 4.90 Å². The summed E-state index contributed by atoms with van der Waals surface area (Å²) in [6, 6.07) is -0.123. The van der Waals surface area contributed by atoms with Crippen LogP contribution in [0.2, 0.25) is 0 Å². The maximum absolute atomic E-state index is 12.2. The van der Waals surface area contributed by atoms with Crippen LogP contribution in [-0.4, -0.2) is 40.9 Å². The summed E-state index contributed by atoms with van der Waals surface area (Å²) in [5.74, 6) is 6.08. The van der Waals surface area contributed by atoms with Gasteiger partial charge in [0.05, 0.1) is 6.04 Å². The smallest absolute Gasteiger partial charge is 0.411 e. The van der Waals surface area contributed by atoms with Crippen LogP contribution in [0.5, 0.6) is 0 Å². The number of carbonyl (C=O) groups excluding carboxylic acids is 1. The highest BCUT2D eigenvalue weighted by atomic mass is 16.6. The molecule has 1 aliphatic heterocycles. The topological polar surface area (TPSA) is 49.8 Å². The molecule has 4 heteroatoms. The molecule has 1 fully saturated rings. The molecule has 0 aromatic rings. The molecule has 19 heavy (non-hydrogen) atoms. The van der Waals surface area contributed by atoms with Gasteiger partial charge in [0.1, 0.15) is 12.2 Å². The van der Waals surface area contributed by atoms with Gasteiger partial charge in [-0.1, -0.05) is 25.2 Å². The Balaban J connectivity index is 2.78. The van der Waals surface area contributed by atoms with Crippen LogP contribution in [0.15, 0.2) is 0 Å². The van der Waals surface area contributed by atoms with E-state index in [0.717, 1.165) is 19.3 Å². The van der Waals surface area contributed by atoms with Crippen molar-refractivity contribution in [1.29, 1.82) is 0 Å². The van der Waals surface area contributed by atoms with Crippen LogP contribution in [0.1, 0.15) is 47.0 Å². The molecule has 108 valence electrons. The minimum atomic E-state index is -0.491. The third-order valence-electron chi connectivity index (χ3n) is 3.14. The van der Waals surface area contributed by atoms with Gasteiger partial charge >= 0.3 is 6.09 Å². The summed E-state index contributed by atoms with van der Waals surface area (Å²) in [6.07, 6.45) is 2.77. The molecule has 0 radical (unpaired) electrons. The molecule has 0 aromatic carbocycles. The summed E-state index contributed by atoms with van der Waals surface area (Å²) in [5, 5.41) is 8.85. The van der Waals surface area contributed by atoms with Gasteiger partial charge < -0.3 is 9.84 Å². The van der Waals surface area contributed by atoms with E-state index < -0.39 is 5.60 Å². The first kappa shape index (κ1) is 15.8. The SMILES string of the molecule is CCC[C@@H]1CCN(C(=O)OC(C)(C)C)[C@H]1C#CCO. The van der Waals surface area contributed by atoms with Crippen molar-refractivity contribution >= 4 is 6.09 Å². The monoisotopic (exact) mass is 267 g/mol. The number of ether oxygens (including phenoxy) is 1. The Morgan fingerprint density at radius 1 is 1.47 bits per heavy atom. The van der Waals surface area contributed by atoms with E-state index in [-0.39, 0.29) is 18.7 Å². The number of hydrogen-bond donors (Lipinski definition) is 1. The number of aliphatic hydroxyl groups excluding tert-OH is 1. The van der Waals surface area contributed by atoms with Crippen LogP contribution in [0, 0.1) is 17.8 Å². The Morgan fingerprint density at radius 2 is 2.16 bits per heavy atom. The summed E-state index contributed by atoms with van der Waals surface area (Å²) >= 11 is 0. The Kier molecular flexibility index (Phi) is 5.68. The van der Waals surface area contributed by atoms with Crippen molar-refractivity contribution < 1.29 is 14.6 Å². The highest BCUT2D eigenvalue weighted by Crippen LogP contribution is 2.29. The number of hydrogen-bond acceptors (Lipinski definition) is 3. The Labute approximate surface area is 116 Å². The first-order valence-corrected chi connectivity index (χ1v) is 6.98. The number of nitrogens with zero attached hydrogens (tertiary/aromatic N) is 1. The van der Waals surface area contributed by atoms with Crippen LogP contribution in [-0.2, 0) is 4.74 Å². The van der Waals surface area contributed by atoms with Crippen molar-refractivity contribution in [3.05, 3.63) is 0 Å². The normalized spacial score (nSPS) is 22.9. The largest absolute Gasteiger partial charge is 0.444 e. The quantitative estimate of drug-likeness (QED) is 0.782. The van der Waals surface area contributed by atoms with Crippen molar-refractivity contribution in [3.63, 3.8) is 0 Å². The lowest BCUT2D eigenvalue weighted by Crippen LogP contribution is -2.40. The van der Waals surface area contributed by atoms with Crippen molar-refractivity contribution in [2.24, 2.45) is 5.92 Å². The second-order valence-electron chi connectivity index (χ2n) is 5.94. The van der Waals surface area contributed by atoms with E-state index in [9.17, 15) is 4.79 Å². The predicted molar refractivity (Wildman–Crippen MR) is 74.6 cm³/mol. The Bertz CT molecular complexity index is 362. The van der Waals surface area contributed by atoms with Gasteiger partial charge in [0.25, 0.3) is 0 Å². The van der Waals surface area contributed by atoms with E-state index >= 15 is 0 Å². The average Bonchev–Trinajstić information content (AvgIpc) is 2.68. The van der Waals surface area contributed by atoms with Gasteiger partial charge in [-0.3, -0.25) is 4.90 Å². The fourth-order valence-electron chi connectivity index (χ4n) is 2.40. The van der Waals surface area contributed by atoms with E-state index in [2.05, 4.69) is 18.8 Å². The fraction of sp³-hybridized carbons (Fsp3) is 0.800. The van der Waals surface area contributed by atoms with Gasteiger partial charge in [-0.2, -0.15) is 0 Å². The van der Waals surface area contributed by atoms with Gasteiger partial charge in [-0.25, -0.2) is 4.79 Å². The molecular weight excluding hydrogens is 242 g/mol. The first-order chi connectivity index (χ1) is 8.89. The summed E-state index contributed by atoms with van der Waals surface area (Å²) in [7, 11) is 0. The molecule has 2 atom stereocenters. The van der Waals surface area contributed by atoms with E-state index in [1.165, 1.54) is 0 Å². The molecule has 4 nitrogen and oxygen atoms in total. The highest BCUT2D eigenvalue weighted by Gasteiger charge is 2.37. The molecule has 1 rings (SSSR count). The molecule has 0 unspecified atom stereocenters. The van der Waals surface area contributed by atoms with E-state index in [4.69, 9.17) is 9.84 Å². The summed E-state index contributed by atoms with van der Waals surface area (Å²) in [4.78, 5) is 13.9. The number of carbonyl (C=O) groups is 1. The lowest BCUT2D eigenvalue weighted by molar-refractivity contribution is 0.0247. The lowest BCUT2D eigenvalue weighted by atomic mass is 9.95. The zero-order chi connectivity index (χ0) is 14.5. The van der Waals surface area contributed by atoms with Gasteiger partial charge in [-0.15, -0.1) is 0 Å². The molecule has 0 spiro atoms. The molecule has 0 bridgehead atoms. The van der Waals surface area contributed by atoms with E-state index in [0.29, 0.717) is 12.5 Å². The zero-order valence-electron chi connectivity index (χ0n) is 12.4. The standard InChI is InChI=1S/C15H25NO3/c1-5-7-12-9-10-16(13(12)8-6-11-17)14(18)19-15(2,3)4/h12-13,17H,5,7,9-11H2,1-4H3/t12-,13+/m1/s1. The third kappa shape index (κ3) is 4.76. The molecule has 1 heterocycles. The van der Waals surface area contributed by atoms with Crippen LogP contribution < -0.4 is 0 Å². The molecule has 1 saturated heterocycles. The minimum absolute atomic E-state index is 0.123. The molecule has 0 aromatic heterocycles. The van der Waals surface area contributed by atoms with Crippen LogP contribution in [0.25, 0.3) is 0 Å². The summed E-state index contributed by atoms with van der Waals surface area (Å²) in [5.41, 5.74) is -0.491. The average molecular weight is 267 g/mol. The molecule has 1 N–H and O–H groups in total. The van der Waals surface area contributed by atoms with Crippen LogP contribution in [0.4, 0.5) is 4.79 Å². The van der Waals surface area contributed by atoms with E-state index in [1.807, 2.05) is 20.8 Å². The maximum atomic E-state index is 12.2. The summed E-state index contributed by atoms with van der Waals surface area (Å²) < 4.78 is 5.42. The van der Waals surface area contributed by atoms with Crippen LogP contribution in [0.3, 0.4) is 0 Å². The van der Waals surface area contributed by atoms with Gasteiger partial charge in [0.2, 0.25) is 0 Å². The second kappa shape index (κ2) is 6.81. The molecule has 0 aliphatic carbocycles. The number of aliphatic hydroxyl groups is 1. The lowest BCUT2D eigenvalue weighted by Gasteiger charge is -2.28. The Hall–Kier alpha value is -1.21. The zero-order valence-corrected chi connectivity index (χ0v) is 12.4. The molecule has 1 amide bonds. The predicted octanol–water partition coefficient (Wildman–Crippen LogP) is 2.41. The minimum Gasteiger partial charge on any atom is -0.444 e. The molecular formula is C15H25NO3. The fourth-order valence-corrected chi connectivity index (χ4v) is 2.40. The number of likely N-dealkylation sites (tertiary alicyclic amines) is 1. The van der Waals surface area contributed by atoms with Gasteiger partial charge in [-0.05, 0) is 39.5 Å². The third-order valence-corrected chi connectivity index (χ3v) is 3.14. The second-order valence-corrected chi connectivity index (χ2v) is 5.94. The van der Waals surface area contributed by atoms with Crippen molar-refractivity contribution in [2.75, 3.05) is 13.2 Å². The van der Waals surface area contributed by atoms with Crippen molar-refractivity contribution in [2.45, 2.75) is 58.6 Å². The maximum Gasteiger partial charge on any atom is 0.411 e. The van der Waals surface area contributed by atoms with Gasteiger partial charge in [0.15, 0.2) is 0 Å². The first-order valence-electron chi connectivity index (χ1n) is 6.98. The molecule has 1 aliphatic rings. The summed E-state index contributed by atoms with van der Waals surface area (Å²) in [6.45, 7) is 8.23. The van der Waals surface area contributed by atoms with Crippen molar-refractivity contribution in [3.8, 4) is 11.8 Å². The highest BCUT2D eigenvalue weighted by molar-refractivity contribution is 5.69. The number of rotatable bonds is 2.